The largest absolute Gasteiger partial charge is 0.350 e. The Morgan fingerprint density at radius 3 is 2.81 bits per heavy atom. The summed E-state index contributed by atoms with van der Waals surface area (Å²) in [5.41, 5.74) is 8.02. The van der Waals surface area contributed by atoms with Crippen LogP contribution in [0.25, 0.3) is 0 Å². The van der Waals surface area contributed by atoms with Gasteiger partial charge in [-0.25, -0.2) is 8.78 Å². The number of aliphatic imine (C=N–C) groups is 1. The minimum absolute atomic E-state index is 0.119. The van der Waals surface area contributed by atoms with Crippen LogP contribution in [0.2, 0.25) is 0 Å². The van der Waals surface area contributed by atoms with Crippen molar-refractivity contribution in [3.63, 3.8) is 0 Å². The quantitative estimate of drug-likeness (QED) is 0.290. The van der Waals surface area contributed by atoms with Gasteiger partial charge in [-0.3, -0.25) is 20.0 Å². The number of fused-ring (bicyclic) bond motifs is 1. The molecule has 0 radical (unpaired) electrons. The molecule has 11 heteroatoms. The van der Waals surface area contributed by atoms with Gasteiger partial charge in [-0.2, -0.15) is 0 Å². The zero-order valence-electron chi connectivity index (χ0n) is 25.9. The molecule has 5 aliphatic rings. The number of thioether (sulfide) groups is 1. The third-order valence-electron chi connectivity index (χ3n) is 10.3. The van der Waals surface area contributed by atoms with Gasteiger partial charge >= 0.3 is 0 Å². The first-order valence-corrected chi connectivity index (χ1v) is 17.7. The third kappa shape index (κ3) is 8.27. The van der Waals surface area contributed by atoms with E-state index in [9.17, 15) is 9.18 Å². The van der Waals surface area contributed by atoms with Crippen LogP contribution in [0, 0.1) is 17.8 Å². The van der Waals surface area contributed by atoms with Gasteiger partial charge in [0.25, 0.3) is 0 Å². The van der Waals surface area contributed by atoms with Gasteiger partial charge in [0.15, 0.2) is 0 Å². The van der Waals surface area contributed by atoms with E-state index >= 15 is 4.39 Å². The van der Waals surface area contributed by atoms with Gasteiger partial charge in [-0.15, -0.1) is 11.8 Å². The number of allylic oxidation sites excluding steroid dienone is 3. The van der Waals surface area contributed by atoms with E-state index in [2.05, 4.69) is 44.2 Å². The minimum atomic E-state index is -1.08. The molecule has 4 aliphatic heterocycles. The second kappa shape index (κ2) is 15.8. The molecule has 0 aromatic heterocycles. The summed E-state index contributed by atoms with van der Waals surface area (Å²) in [5, 5.41) is 14.1. The van der Waals surface area contributed by atoms with Crippen molar-refractivity contribution in [2.24, 2.45) is 28.5 Å². The molecule has 0 aromatic rings. The molecule has 9 atom stereocenters. The van der Waals surface area contributed by atoms with E-state index in [0.717, 1.165) is 70.3 Å². The van der Waals surface area contributed by atoms with E-state index in [-0.39, 0.29) is 24.4 Å². The summed E-state index contributed by atoms with van der Waals surface area (Å²) in [6.07, 6.45) is 11.0. The molecule has 242 valence electrons. The van der Waals surface area contributed by atoms with Crippen molar-refractivity contribution < 1.29 is 13.6 Å². The van der Waals surface area contributed by atoms with E-state index in [1.54, 1.807) is 6.08 Å². The summed E-state index contributed by atoms with van der Waals surface area (Å²) in [4.78, 5) is 20.7. The van der Waals surface area contributed by atoms with E-state index in [1.165, 1.54) is 11.8 Å². The second-order valence-electron chi connectivity index (χ2n) is 13.1. The number of hydrogen-bond acceptors (Lipinski definition) is 8. The van der Waals surface area contributed by atoms with Crippen molar-refractivity contribution in [1.82, 2.24) is 26.2 Å². The maximum Gasteiger partial charge on any atom is 0.228 e. The molecule has 3 saturated heterocycles. The predicted octanol–water partition coefficient (Wildman–Crippen LogP) is 3.26. The maximum absolute atomic E-state index is 15.6. The molecule has 43 heavy (non-hydrogen) atoms. The molecule has 1 saturated carbocycles. The summed E-state index contributed by atoms with van der Waals surface area (Å²) in [7, 11) is 0. The Kier molecular flexibility index (Phi) is 12.1. The fourth-order valence-corrected chi connectivity index (χ4v) is 9.21. The number of amides is 1. The molecule has 1 amide bonds. The Bertz CT molecular complexity index is 1010. The number of piperidine rings is 2. The SMILES string of the molecule is CCC/C=C1\C/C=C(/F)C=NC(C)C(C(=O)NC2CNCC(F)C2N2CCC(C3NCCS3)CC2)C(N)NC2CCC[C@@H]12. The molecule has 0 aromatic carbocycles. The molecule has 8 unspecified atom stereocenters. The van der Waals surface area contributed by atoms with Crippen LogP contribution in [0.1, 0.15) is 65.2 Å². The fourth-order valence-electron chi connectivity index (χ4n) is 7.94. The summed E-state index contributed by atoms with van der Waals surface area (Å²) in [6, 6.07) is -1.22. The van der Waals surface area contributed by atoms with Crippen molar-refractivity contribution >= 4 is 23.9 Å². The summed E-state index contributed by atoms with van der Waals surface area (Å²) < 4.78 is 30.4. The number of carbonyl (C=O) groups is 1. The molecular formula is C32H53F2N7OS. The Labute approximate surface area is 260 Å². The second-order valence-corrected chi connectivity index (χ2v) is 14.4. The van der Waals surface area contributed by atoms with Crippen LogP contribution in [-0.2, 0) is 4.79 Å². The minimum Gasteiger partial charge on any atom is -0.350 e. The molecule has 1 aliphatic carbocycles. The summed E-state index contributed by atoms with van der Waals surface area (Å²) >= 11 is 2.00. The van der Waals surface area contributed by atoms with Gasteiger partial charge in [0, 0.05) is 31.4 Å². The highest BCUT2D eigenvalue weighted by atomic mass is 32.2. The Hall–Kier alpha value is -1.37. The van der Waals surface area contributed by atoms with Crippen molar-refractivity contribution in [3.05, 3.63) is 23.6 Å². The first-order valence-electron chi connectivity index (χ1n) is 16.7. The van der Waals surface area contributed by atoms with Crippen LogP contribution in [-0.4, -0.2) is 97.4 Å². The van der Waals surface area contributed by atoms with Crippen molar-refractivity contribution in [1.29, 1.82) is 0 Å². The van der Waals surface area contributed by atoms with Crippen LogP contribution in [0.3, 0.4) is 0 Å². The zero-order valence-corrected chi connectivity index (χ0v) is 26.8. The van der Waals surface area contributed by atoms with Crippen LogP contribution < -0.4 is 27.0 Å². The number of likely N-dealkylation sites (tertiary alicyclic amines) is 1. The standard InChI is InChI=1S/C32H53F2N7OS/c1-3-4-6-21-9-10-23(33)17-38-20(2)28(30(35)39-26-8-5-7-24(21)26)31(42)40-27-19-36-18-25(34)29(27)41-14-11-22(12-15-41)32-37-13-16-43-32/h6,10,17,20,22,24-30,32,36-37,39H,3-5,7-9,11-16,18-19,35H2,1-2H3,(H,40,42)/b21-6+,23-10+,38-17?/t20?,24-,25?,26?,27?,28?,29?,30?,32?/m0/s1. The lowest BCUT2D eigenvalue weighted by atomic mass is 9.88. The molecule has 0 spiro atoms. The molecule has 6 N–H and O–H groups in total. The monoisotopic (exact) mass is 621 g/mol. The zero-order chi connectivity index (χ0) is 30.3. The molecular weight excluding hydrogens is 568 g/mol. The van der Waals surface area contributed by atoms with E-state index < -0.39 is 42.2 Å². The number of alkyl halides is 1. The highest BCUT2D eigenvalue weighted by Gasteiger charge is 2.43. The van der Waals surface area contributed by atoms with Gasteiger partial charge in [-0.05, 0) is 76.5 Å². The number of rotatable bonds is 6. The molecule has 0 bridgehead atoms. The Morgan fingerprint density at radius 2 is 2.07 bits per heavy atom. The van der Waals surface area contributed by atoms with E-state index in [0.29, 0.717) is 24.3 Å². The highest BCUT2D eigenvalue weighted by Crippen LogP contribution is 2.35. The smallest absolute Gasteiger partial charge is 0.228 e. The Morgan fingerprint density at radius 1 is 1.26 bits per heavy atom. The number of halogens is 2. The predicted molar refractivity (Wildman–Crippen MR) is 173 cm³/mol. The fraction of sp³-hybridized carbons (Fsp3) is 0.812. The van der Waals surface area contributed by atoms with E-state index in [4.69, 9.17) is 5.73 Å². The molecule has 8 nitrogen and oxygen atoms in total. The van der Waals surface area contributed by atoms with Gasteiger partial charge in [0.1, 0.15) is 12.0 Å². The van der Waals surface area contributed by atoms with Gasteiger partial charge in [0.05, 0.1) is 41.8 Å². The van der Waals surface area contributed by atoms with Gasteiger partial charge < -0.3 is 21.7 Å². The van der Waals surface area contributed by atoms with E-state index in [1.807, 2.05) is 18.7 Å². The van der Waals surface area contributed by atoms with Crippen LogP contribution in [0.4, 0.5) is 8.78 Å². The average molecular weight is 622 g/mol. The number of carbonyl (C=O) groups excluding carboxylic acids is 1. The van der Waals surface area contributed by atoms with Crippen molar-refractivity contribution in [2.75, 3.05) is 38.5 Å². The normalized spacial score (nSPS) is 40.8. The number of nitrogens with zero attached hydrogens (tertiary/aromatic N) is 2. The highest BCUT2D eigenvalue weighted by molar-refractivity contribution is 8.00. The lowest BCUT2D eigenvalue weighted by molar-refractivity contribution is -0.128. The van der Waals surface area contributed by atoms with Gasteiger partial charge in [-0.1, -0.05) is 31.4 Å². The lowest BCUT2D eigenvalue weighted by Crippen LogP contribution is -2.67. The van der Waals surface area contributed by atoms with Crippen molar-refractivity contribution in [3.8, 4) is 0 Å². The number of unbranched alkanes of at least 4 members (excludes halogenated alkanes) is 1. The molecule has 5 rings (SSSR count). The van der Waals surface area contributed by atoms with Crippen molar-refractivity contribution in [2.45, 2.75) is 107 Å². The van der Waals surface area contributed by atoms with Crippen LogP contribution in [0.5, 0.6) is 0 Å². The summed E-state index contributed by atoms with van der Waals surface area (Å²) in [6.45, 7) is 7.46. The Balaban J connectivity index is 1.30. The van der Waals surface area contributed by atoms with Gasteiger partial charge in [0.2, 0.25) is 5.91 Å². The third-order valence-corrected chi connectivity index (χ3v) is 11.6. The first-order chi connectivity index (χ1) is 20.9. The number of nitrogens with one attached hydrogen (secondary N) is 4. The number of hydrogen-bond donors (Lipinski definition) is 5. The average Bonchev–Trinajstić information content (AvgIpc) is 3.69. The molecule has 4 fully saturated rings. The topological polar surface area (TPSA) is 107 Å². The van der Waals surface area contributed by atoms with Crippen LogP contribution in [0.15, 0.2) is 28.5 Å². The first kappa shape index (κ1) is 33.0. The van der Waals surface area contributed by atoms with Crippen LogP contribution >= 0.6 is 11.8 Å². The maximum atomic E-state index is 15.6. The summed E-state index contributed by atoms with van der Waals surface area (Å²) in [5.74, 6) is 0.635. The lowest BCUT2D eigenvalue weighted by Gasteiger charge is -2.46. The molecule has 4 heterocycles. The number of nitrogens with two attached hydrogens (primary N) is 1.